The third kappa shape index (κ3) is 5.74. The molecule has 1 saturated heterocycles. The van der Waals surface area contributed by atoms with E-state index < -0.39 is 9.84 Å². The molecule has 2 N–H and O–H groups in total. The summed E-state index contributed by atoms with van der Waals surface area (Å²) in [6, 6.07) is 2.10. The molecule has 0 amide bonds. The van der Waals surface area contributed by atoms with Gasteiger partial charge in [-0.3, -0.25) is 4.99 Å². The number of nitrogens with one attached hydrogen (secondary N) is 2. The van der Waals surface area contributed by atoms with Crippen LogP contribution in [0.4, 0.5) is 0 Å². The fourth-order valence-electron chi connectivity index (χ4n) is 2.22. The van der Waals surface area contributed by atoms with Gasteiger partial charge in [0, 0.05) is 19.6 Å². The number of thiophene rings is 1. The average molecular weight is 443 g/mol. The van der Waals surface area contributed by atoms with Gasteiger partial charge in [-0.15, -0.1) is 24.0 Å². The zero-order chi connectivity index (χ0) is 14.6. The molecule has 0 aliphatic carbocycles. The molecular weight excluding hydrogens is 421 g/mol. The van der Waals surface area contributed by atoms with Gasteiger partial charge in [-0.2, -0.15) is 11.3 Å². The predicted octanol–water partition coefficient (Wildman–Crippen LogP) is 1.82. The summed E-state index contributed by atoms with van der Waals surface area (Å²) in [5.74, 6) is 1.54. The third-order valence-corrected chi connectivity index (χ3v) is 5.95. The first-order valence-corrected chi connectivity index (χ1v) is 9.46. The van der Waals surface area contributed by atoms with E-state index in [4.69, 9.17) is 0 Å². The number of sulfone groups is 1. The van der Waals surface area contributed by atoms with E-state index in [1.54, 1.807) is 18.4 Å². The van der Waals surface area contributed by atoms with Gasteiger partial charge >= 0.3 is 0 Å². The van der Waals surface area contributed by atoms with Gasteiger partial charge in [0.05, 0.1) is 11.5 Å². The van der Waals surface area contributed by atoms with Crippen molar-refractivity contribution in [2.45, 2.75) is 25.3 Å². The highest BCUT2D eigenvalue weighted by Gasteiger charge is 2.28. The number of aliphatic imine (C=N–C) groups is 1. The normalized spacial score (nSPS) is 22.4. The lowest BCUT2D eigenvalue weighted by molar-refractivity contribution is 0.599. The fourth-order valence-corrected chi connectivity index (χ4v) is 4.68. The SMILES string of the molecule is CN=C(NCC(C)c1ccsc1)NC1CCS(=O)(=O)C1.I. The van der Waals surface area contributed by atoms with Crippen molar-refractivity contribution < 1.29 is 8.42 Å². The number of halogens is 1. The van der Waals surface area contributed by atoms with Crippen LogP contribution >= 0.6 is 35.3 Å². The summed E-state index contributed by atoms with van der Waals surface area (Å²) in [7, 11) is -1.16. The molecule has 0 spiro atoms. The quantitative estimate of drug-likeness (QED) is 0.423. The van der Waals surface area contributed by atoms with E-state index in [9.17, 15) is 8.42 Å². The third-order valence-electron chi connectivity index (χ3n) is 3.48. The molecule has 5 nitrogen and oxygen atoms in total. The molecule has 0 aromatic carbocycles. The van der Waals surface area contributed by atoms with Crippen LogP contribution in [-0.2, 0) is 9.84 Å². The van der Waals surface area contributed by atoms with Gasteiger partial charge in [0.1, 0.15) is 0 Å². The van der Waals surface area contributed by atoms with Gasteiger partial charge in [0.15, 0.2) is 15.8 Å². The summed E-state index contributed by atoms with van der Waals surface area (Å²) >= 11 is 1.69. The van der Waals surface area contributed by atoms with Crippen molar-refractivity contribution in [3.8, 4) is 0 Å². The van der Waals surface area contributed by atoms with Crippen molar-refractivity contribution >= 4 is 51.1 Å². The molecule has 120 valence electrons. The zero-order valence-electron chi connectivity index (χ0n) is 12.2. The van der Waals surface area contributed by atoms with E-state index in [-0.39, 0.29) is 41.5 Å². The number of rotatable bonds is 4. The molecular formula is C13H22IN3O2S2. The molecule has 21 heavy (non-hydrogen) atoms. The standard InChI is InChI=1S/C13H21N3O2S2.HI/c1-10(11-3-5-19-8-11)7-15-13(14-2)16-12-4-6-20(17,18)9-12;/h3,5,8,10,12H,4,6-7,9H2,1-2H3,(H2,14,15,16);1H. The Morgan fingerprint density at radius 1 is 1.57 bits per heavy atom. The zero-order valence-corrected chi connectivity index (χ0v) is 16.2. The van der Waals surface area contributed by atoms with E-state index in [0.717, 1.165) is 6.54 Å². The Kier molecular flexibility index (Phi) is 7.41. The molecule has 1 fully saturated rings. The second-order valence-corrected chi connectivity index (χ2v) is 8.16. The Hall–Kier alpha value is -0.350. The van der Waals surface area contributed by atoms with Crippen LogP contribution in [0.25, 0.3) is 0 Å². The smallest absolute Gasteiger partial charge is 0.191 e. The number of nitrogens with zero attached hydrogens (tertiary/aromatic N) is 1. The highest BCUT2D eigenvalue weighted by atomic mass is 127. The molecule has 2 rings (SSSR count). The average Bonchev–Trinajstić information content (AvgIpc) is 3.03. The molecule has 2 heterocycles. The molecule has 0 radical (unpaired) electrons. The summed E-state index contributed by atoms with van der Waals surface area (Å²) in [5, 5.41) is 10.7. The summed E-state index contributed by atoms with van der Waals surface area (Å²) in [6.07, 6.45) is 0.656. The second-order valence-electron chi connectivity index (χ2n) is 5.16. The van der Waals surface area contributed by atoms with E-state index >= 15 is 0 Å². The molecule has 8 heteroatoms. The topological polar surface area (TPSA) is 70.6 Å². The monoisotopic (exact) mass is 443 g/mol. The lowest BCUT2D eigenvalue weighted by atomic mass is 10.1. The lowest BCUT2D eigenvalue weighted by Crippen LogP contribution is -2.44. The van der Waals surface area contributed by atoms with Crippen LogP contribution in [0.15, 0.2) is 21.8 Å². The van der Waals surface area contributed by atoms with Gasteiger partial charge in [-0.05, 0) is 34.7 Å². The van der Waals surface area contributed by atoms with Crippen LogP contribution in [0.2, 0.25) is 0 Å². The summed E-state index contributed by atoms with van der Waals surface area (Å²) in [4.78, 5) is 4.15. The molecule has 2 atom stereocenters. The largest absolute Gasteiger partial charge is 0.356 e. The van der Waals surface area contributed by atoms with Crippen molar-refractivity contribution in [2.75, 3.05) is 25.1 Å². The fraction of sp³-hybridized carbons (Fsp3) is 0.615. The van der Waals surface area contributed by atoms with Crippen molar-refractivity contribution in [1.29, 1.82) is 0 Å². The first-order valence-electron chi connectivity index (χ1n) is 6.70. The van der Waals surface area contributed by atoms with Gasteiger partial charge in [0.25, 0.3) is 0 Å². The van der Waals surface area contributed by atoms with Crippen molar-refractivity contribution in [3.05, 3.63) is 22.4 Å². The second kappa shape index (κ2) is 8.33. The van der Waals surface area contributed by atoms with Crippen molar-refractivity contribution in [2.24, 2.45) is 4.99 Å². The molecule has 1 aromatic heterocycles. The Morgan fingerprint density at radius 3 is 2.86 bits per heavy atom. The maximum absolute atomic E-state index is 11.4. The highest BCUT2D eigenvalue weighted by molar-refractivity contribution is 14.0. The summed E-state index contributed by atoms with van der Waals surface area (Å²) < 4.78 is 22.9. The van der Waals surface area contributed by atoms with Gasteiger partial charge in [-0.25, -0.2) is 8.42 Å². The van der Waals surface area contributed by atoms with Crippen LogP contribution in [0.1, 0.15) is 24.8 Å². The minimum absolute atomic E-state index is 0. The Morgan fingerprint density at radius 2 is 2.33 bits per heavy atom. The van der Waals surface area contributed by atoms with Crippen LogP contribution in [-0.4, -0.2) is 45.5 Å². The van der Waals surface area contributed by atoms with E-state index in [1.165, 1.54) is 5.56 Å². The summed E-state index contributed by atoms with van der Waals surface area (Å²) in [5.41, 5.74) is 1.31. The summed E-state index contributed by atoms with van der Waals surface area (Å²) in [6.45, 7) is 2.93. The number of hydrogen-bond donors (Lipinski definition) is 2. The lowest BCUT2D eigenvalue weighted by Gasteiger charge is -2.18. The van der Waals surface area contributed by atoms with Crippen molar-refractivity contribution in [3.63, 3.8) is 0 Å². The van der Waals surface area contributed by atoms with Crippen molar-refractivity contribution in [1.82, 2.24) is 10.6 Å². The number of guanidine groups is 1. The van der Waals surface area contributed by atoms with E-state index in [0.29, 0.717) is 18.3 Å². The van der Waals surface area contributed by atoms with Crippen LogP contribution in [0.3, 0.4) is 0 Å². The minimum atomic E-state index is -2.86. The molecule has 0 bridgehead atoms. The molecule has 1 aliphatic rings. The Labute approximate surface area is 147 Å². The minimum Gasteiger partial charge on any atom is -0.356 e. The first-order chi connectivity index (χ1) is 9.50. The van der Waals surface area contributed by atoms with Gasteiger partial charge in [0.2, 0.25) is 0 Å². The maximum Gasteiger partial charge on any atom is 0.191 e. The highest BCUT2D eigenvalue weighted by Crippen LogP contribution is 2.17. The molecule has 0 saturated carbocycles. The Bertz CT molecular complexity index is 558. The first kappa shape index (κ1) is 18.7. The van der Waals surface area contributed by atoms with E-state index in [2.05, 4.69) is 39.4 Å². The van der Waals surface area contributed by atoms with E-state index in [1.807, 2.05) is 0 Å². The molecule has 1 aliphatic heterocycles. The number of hydrogen-bond acceptors (Lipinski definition) is 4. The van der Waals surface area contributed by atoms with Gasteiger partial charge < -0.3 is 10.6 Å². The van der Waals surface area contributed by atoms with Crippen LogP contribution in [0.5, 0.6) is 0 Å². The maximum atomic E-state index is 11.4. The molecule has 2 unspecified atom stereocenters. The van der Waals surface area contributed by atoms with Gasteiger partial charge in [-0.1, -0.05) is 6.92 Å². The predicted molar refractivity (Wildman–Crippen MR) is 99.7 cm³/mol. The van der Waals surface area contributed by atoms with Crippen LogP contribution < -0.4 is 10.6 Å². The van der Waals surface area contributed by atoms with Crippen LogP contribution in [0, 0.1) is 0 Å². The molecule has 1 aromatic rings. The Balaban J connectivity index is 0.00000220.